The van der Waals surface area contributed by atoms with E-state index < -0.39 is 0 Å². The maximum atomic E-state index is 12.3. The summed E-state index contributed by atoms with van der Waals surface area (Å²) in [5, 5.41) is 2.84. The van der Waals surface area contributed by atoms with Crippen molar-refractivity contribution in [3.8, 4) is 17.2 Å². The lowest BCUT2D eigenvalue weighted by Gasteiger charge is -2.22. The van der Waals surface area contributed by atoms with Crippen molar-refractivity contribution in [3.63, 3.8) is 0 Å². The Labute approximate surface area is 164 Å². The summed E-state index contributed by atoms with van der Waals surface area (Å²) in [6.07, 6.45) is 0.184. The number of carbonyl (C=O) groups is 2. The minimum atomic E-state index is -0.178. The lowest BCUT2D eigenvalue weighted by atomic mass is 10.2. The SMILES string of the molecule is COc1ccccc1CN(CCC(=O)Nc1ccc2c(c1)OCCO2)C(C)=O. The highest BCUT2D eigenvalue weighted by Crippen LogP contribution is 2.32. The van der Waals surface area contributed by atoms with Crippen molar-refractivity contribution in [3.05, 3.63) is 48.0 Å². The van der Waals surface area contributed by atoms with Gasteiger partial charge in [-0.05, 0) is 18.2 Å². The normalized spacial score (nSPS) is 12.2. The molecule has 0 saturated heterocycles. The second-order valence-electron chi connectivity index (χ2n) is 6.41. The minimum Gasteiger partial charge on any atom is -0.496 e. The maximum absolute atomic E-state index is 12.3. The van der Waals surface area contributed by atoms with Crippen LogP contribution in [-0.2, 0) is 16.1 Å². The van der Waals surface area contributed by atoms with E-state index in [4.69, 9.17) is 14.2 Å². The quantitative estimate of drug-likeness (QED) is 0.794. The first-order valence-electron chi connectivity index (χ1n) is 9.13. The zero-order valence-corrected chi connectivity index (χ0v) is 16.1. The number of anilines is 1. The van der Waals surface area contributed by atoms with Gasteiger partial charge in [0.05, 0.1) is 7.11 Å². The summed E-state index contributed by atoms with van der Waals surface area (Å²) in [5.74, 6) is 1.73. The van der Waals surface area contributed by atoms with Crippen molar-refractivity contribution in [2.24, 2.45) is 0 Å². The molecule has 28 heavy (non-hydrogen) atoms. The molecule has 1 aliphatic heterocycles. The van der Waals surface area contributed by atoms with Crippen molar-refractivity contribution in [2.45, 2.75) is 19.9 Å². The molecular formula is C21H24N2O5. The molecule has 7 nitrogen and oxygen atoms in total. The number of ether oxygens (including phenoxy) is 3. The molecule has 0 aromatic heterocycles. The molecule has 0 spiro atoms. The molecule has 1 heterocycles. The number of hydrogen-bond acceptors (Lipinski definition) is 5. The van der Waals surface area contributed by atoms with E-state index in [0.717, 1.165) is 11.3 Å². The Morgan fingerprint density at radius 2 is 1.86 bits per heavy atom. The van der Waals surface area contributed by atoms with Crippen LogP contribution in [0.4, 0.5) is 5.69 Å². The fourth-order valence-corrected chi connectivity index (χ4v) is 2.97. The number of benzene rings is 2. The van der Waals surface area contributed by atoms with Crippen LogP contribution in [0.2, 0.25) is 0 Å². The molecule has 7 heteroatoms. The van der Waals surface area contributed by atoms with E-state index >= 15 is 0 Å². The number of amides is 2. The predicted octanol–water partition coefficient (Wildman–Crippen LogP) is 2.84. The lowest BCUT2D eigenvalue weighted by molar-refractivity contribution is -0.129. The number of carbonyl (C=O) groups excluding carboxylic acids is 2. The number of fused-ring (bicyclic) bond motifs is 1. The van der Waals surface area contributed by atoms with E-state index in [-0.39, 0.29) is 18.2 Å². The van der Waals surface area contributed by atoms with Gasteiger partial charge in [-0.1, -0.05) is 18.2 Å². The van der Waals surface area contributed by atoms with E-state index in [1.165, 1.54) is 6.92 Å². The molecule has 0 radical (unpaired) electrons. The molecule has 0 bridgehead atoms. The van der Waals surface area contributed by atoms with Crippen LogP contribution in [0.5, 0.6) is 17.2 Å². The molecule has 0 unspecified atom stereocenters. The van der Waals surface area contributed by atoms with Gasteiger partial charge in [0, 0.05) is 43.8 Å². The third kappa shape index (κ3) is 4.94. The smallest absolute Gasteiger partial charge is 0.226 e. The molecule has 1 N–H and O–H groups in total. The van der Waals surface area contributed by atoms with E-state index in [1.54, 1.807) is 30.2 Å². The zero-order valence-electron chi connectivity index (χ0n) is 16.1. The number of nitrogens with one attached hydrogen (secondary N) is 1. The number of nitrogens with zero attached hydrogens (tertiary/aromatic N) is 1. The first-order valence-corrected chi connectivity index (χ1v) is 9.13. The summed E-state index contributed by atoms with van der Waals surface area (Å²) >= 11 is 0. The fourth-order valence-electron chi connectivity index (χ4n) is 2.97. The van der Waals surface area contributed by atoms with Crippen LogP contribution in [0.3, 0.4) is 0 Å². The molecule has 2 aromatic rings. The highest BCUT2D eigenvalue weighted by atomic mass is 16.6. The van der Waals surface area contributed by atoms with Gasteiger partial charge in [0.15, 0.2) is 11.5 Å². The highest BCUT2D eigenvalue weighted by Gasteiger charge is 2.16. The predicted molar refractivity (Wildman–Crippen MR) is 105 cm³/mol. The average molecular weight is 384 g/mol. The van der Waals surface area contributed by atoms with E-state index in [1.807, 2.05) is 24.3 Å². The van der Waals surface area contributed by atoms with E-state index in [2.05, 4.69) is 5.32 Å². The number of rotatable bonds is 7. The number of para-hydroxylation sites is 1. The lowest BCUT2D eigenvalue weighted by Crippen LogP contribution is -2.31. The van der Waals surface area contributed by atoms with Crippen LogP contribution in [0, 0.1) is 0 Å². The standard InChI is InChI=1S/C21H24N2O5/c1-15(24)23(14-16-5-3-4-6-18(16)26-2)10-9-21(25)22-17-7-8-19-20(13-17)28-12-11-27-19/h3-8,13H,9-12,14H2,1-2H3,(H,22,25). The van der Waals surface area contributed by atoms with Crippen molar-refractivity contribution in [1.29, 1.82) is 0 Å². The molecule has 0 fully saturated rings. The second kappa shape index (κ2) is 9.12. The van der Waals surface area contributed by atoms with Crippen LogP contribution in [-0.4, -0.2) is 43.6 Å². The van der Waals surface area contributed by atoms with Gasteiger partial charge in [0.1, 0.15) is 19.0 Å². The highest BCUT2D eigenvalue weighted by molar-refractivity contribution is 5.91. The van der Waals surface area contributed by atoms with Gasteiger partial charge in [-0.2, -0.15) is 0 Å². The minimum absolute atomic E-state index is 0.0990. The Bertz CT molecular complexity index is 852. The molecule has 0 aliphatic carbocycles. The zero-order chi connectivity index (χ0) is 19.9. The first-order chi connectivity index (χ1) is 13.6. The van der Waals surface area contributed by atoms with E-state index in [9.17, 15) is 9.59 Å². The molecule has 0 saturated carbocycles. The summed E-state index contributed by atoms with van der Waals surface area (Å²) in [7, 11) is 1.59. The van der Waals surface area contributed by atoms with Crippen molar-refractivity contribution in [2.75, 3.05) is 32.2 Å². The Morgan fingerprint density at radius 1 is 1.11 bits per heavy atom. The Morgan fingerprint density at radius 3 is 2.61 bits per heavy atom. The van der Waals surface area contributed by atoms with Crippen molar-refractivity contribution in [1.82, 2.24) is 4.90 Å². The van der Waals surface area contributed by atoms with Gasteiger partial charge in [0.2, 0.25) is 11.8 Å². The van der Waals surface area contributed by atoms with Crippen LogP contribution < -0.4 is 19.5 Å². The first kappa shape index (κ1) is 19.5. The Hall–Kier alpha value is -3.22. The molecule has 2 amide bonds. The molecule has 2 aromatic carbocycles. The van der Waals surface area contributed by atoms with Gasteiger partial charge in [-0.25, -0.2) is 0 Å². The topological polar surface area (TPSA) is 77.1 Å². The maximum Gasteiger partial charge on any atom is 0.226 e. The summed E-state index contributed by atoms with van der Waals surface area (Å²) in [6, 6.07) is 12.8. The Kier molecular flexibility index (Phi) is 6.37. The molecule has 3 rings (SSSR count). The van der Waals surface area contributed by atoms with Crippen LogP contribution in [0.25, 0.3) is 0 Å². The number of hydrogen-bond donors (Lipinski definition) is 1. The van der Waals surface area contributed by atoms with Crippen LogP contribution in [0.1, 0.15) is 18.9 Å². The average Bonchev–Trinajstić information content (AvgIpc) is 2.71. The second-order valence-corrected chi connectivity index (χ2v) is 6.41. The van der Waals surface area contributed by atoms with Crippen molar-refractivity contribution < 1.29 is 23.8 Å². The van der Waals surface area contributed by atoms with Gasteiger partial charge < -0.3 is 24.4 Å². The van der Waals surface area contributed by atoms with Gasteiger partial charge in [-0.15, -0.1) is 0 Å². The Balaban J connectivity index is 1.57. The molecule has 1 aliphatic rings. The summed E-state index contributed by atoms with van der Waals surface area (Å²) in [4.78, 5) is 26.0. The third-order valence-electron chi connectivity index (χ3n) is 4.43. The van der Waals surface area contributed by atoms with Gasteiger partial charge in [0.25, 0.3) is 0 Å². The van der Waals surface area contributed by atoms with Gasteiger partial charge >= 0.3 is 0 Å². The largest absolute Gasteiger partial charge is 0.496 e. The fraction of sp³-hybridized carbons (Fsp3) is 0.333. The summed E-state index contributed by atoms with van der Waals surface area (Å²) in [6.45, 7) is 3.20. The monoisotopic (exact) mass is 384 g/mol. The summed E-state index contributed by atoms with van der Waals surface area (Å²) < 4.78 is 16.3. The third-order valence-corrected chi connectivity index (χ3v) is 4.43. The van der Waals surface area contributed by atoms with E-state index in [0.29, 0.717) is 43.5 Å². The summed E-state index contributed by atoms with van der Waals surface area (Å²) in [5.41, 5.74) is 1.53. The number of methoxy groups -OCH3 is 1. The van der Waals surface area contributed by atoms with Crippen molar-refractivity contribution >= 4 is 17.5 Å². The molecule has 148 valence electrons. The molecule has 0 atom stereocenters. The van der Waals surface area contributed by atoms with Gasteiger partial charge in [-0.3, -0.25) is 9.59 Å². The van der Waals surface area contributed by atoms with Crippen LogP contribution >= 0.6 is 0 Å². The molecular weight excluding hydrogens is 360 g/mol. The van der Waals surface area contributed by atoms with Crippen LogP contribution in [0.15, 0.2) is 42.5 Å².